The second-order valence-corrected chi connectivity index (χ2v) is 8.71. The van der Waals surface area contributed by atoms with Gasteiger partial charge in [0.2, 0.25) is 0 Å². The quantitative estimate of drug-likeness (QED) is 0.771. The van der Waals surface area contributed by atoms with E-state index in [0.717, 1.165) is 50.0 Å². The van der Waals surface area contributed by atoms with Crippen LogP contribution in [-0.4, -0.2) is 37.5 Å². The molecule has 0 N–H and O–H groups in total. The van der Waals surface area contributed by atoms with Gasteiger partial charge in [0.15, 0.2) is 11.5 Å². The Hall–Kier alpha value is -1.55. The van der Waals surface area contributed by atoms with Crippen LogP contribution in [0.5, 0.6) is 11.5 Å². The molecular weight excluding hydrogens is 326 g/mol. The maximum Gasteiger partial charge on any atom is 0.161 e. The third-order valence-electron chi connectivity index (χ3n) is 6.13. The van der Waals surface area contributed by atoms with E-state index < -0.39 is 0 Å². The molecule has 2 atom stereocenters. The van der Waals surface area contributed by atoms with E-state index in [1.807, 2.05) is 0 Å². The van der Waals surface area contributed by atoms with E-state index in [2.05, 4.69) is 30.9 Å². The van der Waals surface area contributed by atoms with Crippen molar-refractivity contribution in [3.63, 3.8) is 0 Å². The van der Waals surface area contributed by atoms with Gasteiger partial charge in [-0.25, -0.2) is 0 Å². The van der Waals surface area contributed by atoms with Crippen molar-refractivity contribution >= 4 is 5.78 Å². The van der Waals surface area contributed by atoms with E-state index in [-0.39, 0.29) is 12.0 Å². The zero-order valence-corrected chi connectivity index (χ0v) is 16.3. The fourth-order valence-corrected chi connectivity index (χ4v) is 4.50. The van der Waals surface area contributed by atoms with Crippen LogP contribution in [0.25, 0.3) is 0 Å². The molecule has 0 spiro atoms. The molecule has 1 aromatic rings. The van der Waals surface area contributed by atoms with Crippen molar-refractivity contribution in [2.75, 3.05) is 26.8 Å². The summed E-state index contributed by atoms with van der Waals surface area (Å²) in [5, 5.41) is 0. The number of hydrogen-bond acceptors (Lipinski definition) is 4. The number of nitrogens with zero attached hydrogens (tertiary/aromatic N) is 1. The third kappa shape index (κ3) is 3.62. The van der Waals surface area contributed by atoms with Gasteiger partial charge in [0, 0.05) is 31.5 Å². The Morgan fingerprint density at radius 2 is 2.04 bits per heavy atom. The molecule has 2 aliphatic heterocycles. The maximum absolute atomic E-state index is 12.7. The summed E-state index contributed by atoms with van der Waals surface area (Å²) in [5.74, 6) is 3.61. The van der Waals surface area contributed by atoms with Crippen LogP contribution >= 0.6 is 0 Å². The second kappa shape index (κ2) is 7.22. The molecule has 0 aromatic heterocycles. The first-order chi connectivity index (χ1) is 12.5. The predicted octanol–water partition coefficient (Wildman–Crippen LogP) is 4.02. The van der Waals surface area contributed by atoms with Crippen molar-refractivity contribution in [3.8, 4) is 11.5 Å². The minimum absolute atomic E-state index is 0.204. The molecule has 0 radical (unpaired) electrons. The zero-order valence-electron chi connectivity index (χ0n) is 16.3. The van der Waals surface area contributed by atoms with Gasteiger partial charge in [0.1, 0.15) is 5.78 Å². The van der Waals surface area contributed by atoms with Crippen molar-refractivity contribution in [1.29, 1.82) is 0 Å². The highest BCUT2D eigenvalue weighted by Gasteiger charge is 2.38. The molecule has 26 heavy (non-hydrogen) atoms. The monoisotopic (exact) mass is 357 g/mol. The molecule has 2 heterocycles. The minimum Gasteiger partial charge on any atom is -0.493 e. The first kappa shape index (κ1) is 17.8. The molecule has 0 bridgehead atoms. The molecule has 1 saturated heterocycles. The lowest BCUT2D eigenvalue weighted by molar-refractivity contribution is -0.129. The highest BCUT2D eigenvalue weighted by Crippen LogP contribution is 2.43. The van der Waals surface area contributed by atoms with Gasteiger partial charge in [-0.3, -0.25) is 9.69 Å². The first-order valence-electron chi connectivity index (χ1n) is 10.2. The number of benzene rings is 1. The lowest BCUT2D eigenvalue weighted by Gasteiger charge is -2.43. The van der Waals surface area contributed by atoms with E-state index in [9.17, 15) is 4.79 Å². The average Bonchev–Trinajstić information content (AvgIpc) is 3.44. The number of Topliss-reactive ketones (excluding diaryl/α,β-unsaturated/α-hetero) is 1. The van der Waals surface area contributed by atoms with Gasteiger partial charge in [-0.2, -0.15) is 0 Å². The molecule has 2 fully saturated rings. The fraction of sp³-hybridized carbons (Fsp3) is 0.682. The van der Waals surface area contributed by atoms with Crippen LogP contribution in [0.1, 0.15) is 56.7 Å². The molecule has 142 valence electrons. The van der Waals surface area contributed by atoms with E-state index in [4.69, 9.17) is 9.47 Å². The molecule has 2 unspecified atom stereocenters. The Labute approximate surface area is 156 Å². The molecule has 0 amide bonds. The summed E-state index contributed by atoms with van der Waals surface area (Å²) in [5.41, 5.74) is 2.59. The lowest BCUT2D eigenvalue weighted by atomic mass is 9.80. The summed E-state index contributed by atoms with van der Waals surface area (Å²) >= 11 is 0. The number of rotatable bonds is 6. The average molecular weight is 357 g/mol. The van der Waals surface area contributed by atoms with E-state index >= 15 is 0 Å². The summed E-state index contributed by atoms with van der Waals surface area (Å²) in [6.45, 7) is 7.15. The number of methoxy groups -OCH3 is 1. The van der Waals surface area contributed by atoms with Crippen molar-refractivity contribution in [3.05, 3.63) is 23.3 Å². The molecule has 1 saturated carbocycles. The number of hydrogen-bond donors (Lipinski definition) is 0. The largest absolute Gasteiger partial charge is 0.493 e. The molecular formula is C22H31NO3. The zero-order chi connectivity index (χ0) is 18.3. The Kier molecular flexibility index (Phi) is 4.96. The molecule has 1 aromatic carbocycles. The molecule has 3 aliphatic rings. The lowest BCUT2D eigenvalue weighted by Crippen LogP contribution is -2.46. The summed E-state index contributed by atoms with van der Waals surface area (Å²) in [6, 6.07) is 4.50. The maximum atomic E-state index is 12.7. The Balaban J connectivity index is 1.56. The van der Waals surface area contributed by atoms with Crippen LogP contribution in [0, 0.1) is 17.8 Å². The number of carbonyl (C=O) groups excluding carboxylic acids is 1. The van der Waals surface area contributed by atoms with Gasteiger partial charge in [0.05, 0.1) is 13.7 Å². The van der Waals surface area contributed by atoms with Crippen LogP contribution in [0.2, 0.25) is 0 Å². The topological polar surface area (TPSA) is 38.8 Å². The van der Waals surface area contributed by atoms with Gasteiger partial charge in [-0.05, 0) is 60.8 Å². The Morgan fingerprint density at radius 3 is 2.73 bits per heavy atom. The van der Waals surface area contributed by atoms with E-state index in [0.29, 0.717) is 18.1 Å². The second-order valence-electron chi connectivity index (χ2n) is 8.71. The third-order valence-corrected chi connectivity index (χ3v) is 6.13. The summed E-state index contributed by atoms with van der Waals surface area (Å²) < 4.78 is 11.6. The van der Waals surface area contributed by atoms with Crippen LogP contribution in [-0.2, 0) is 11.2 Å². The van der Waals surface area contributed by atoms with Gasteiger partial charge in [-0.1, -0.05) is 13.8 Å². The highest BCUT2D eigenvalue weighted by atomic mass is 16.5. The van der Waals surface area contributed by atoms with Crippen LogP contribution in [0.15, 0.2) is 12.1 Å². The van der Waals surface area contributed by atoms with Crippen LogP contribution in [0.3, 0.4) is 0 Å². The SMILES string of the molecule is COc1cc2c(cc1OCC1CC1)CCN1CC(CC(C)C)C(=O)CC21. The van der Waals surface area contributed by atoms with Gasteiger partial charge < -0.3 is 9.47 Å². The van der Waals surface area contributed by atoms with Gasteiger partial charge in [-0.15, -0.1) is 0 Å². The summed E-state index contributed by atoms with van der Waals surface area (Å²) in [6.07, 6.45) is 5.23. The van der Waals surface area contributed by atoms with Gasteiger partial charge in [0.25, 0.3) is 0 Å². The van der Waals surface area contributed by atoms with E-state index in [1.54, 1.807) is 7.11 Å². The summed E-state index contributed by atoms with van der Waals surface area (Å²) in [4.78, 5) is 15.2. The number of piperidine rings is 1. The molecule has 4 heteroatoms. The first-order valence-corrected chi connectivity index (χ1v) is 10.2. The van der Waals surface area contributed by atoms with Crippen molar-refractivity contribution in [1.82, 2.24) is 4.90 Å². The van der Waals surface area contributed by atoms with Crippen molar-refractivity contribution < 1.29 is 14.3 Å². The predicted molar refractivity (Wildman–Crippen MR) is 102 cm³/mol. The Morgan fingerprint density at radius 1 is 1.23 bits per heavy atom. The molecule has 1 aliphatic carbocycles. The molecule has 4 rings (SSSR count). The standard InChI is InChI=1S/C22H31NO3/c1-14(2)8-17-12-23-7-6-16-9-22(26-13-15-4-5-15)21(25-3)10-18(16)19(23)11-20(17)24/h9-10,14-15,17,19H,4-8,11-13H2,1-3H3. The Bertz CT molecular complexity index is 680. The van der Waals surface area contributed by atoms with Crippen LogP contribution in [0.4, 0.5) is 0 Å². The number of fused-ring (bicyclic) bond motifs is 3. The summed E-state index contributed by atoms with van der Waals surface area (Å²) in [7, 11) is 1.71. The van der Waals surface area contributed by atoms with Crippen molar-refractivity contribution in [2.45, 2.75) is 52.0 Å². The van der Waals surface area contributed by atoms with Crippen LogP contribution < -0.4 is 9.47 Å². The van der Waals surface area contributed by atoms with E-state index in [1.165, 1.54) is 24.0 Å². The fourth-order valence-electron chi connectivity index (χ4n) is 4.50. The van der Waals surface area contributed by atoms with Crippen molar-refractivity contribution in [2.24, 2.45) is 17.8 Å². The minimum atomic E-state index is 0.204. The normalized spacial score (nSPS) is 25.8. The number of ketones is 1. The highest BCUT2D eigenvalue weighted by molar-refractivity contribution is 5.83. The number of carbonyl (C=O) groups is 1. The number of ether oxygens (including phenoxy) is 2. The van der Waals surface area contributed by atoms with Gasteiger partial charge >= 0.3 is 0 Å². The smallest absolute Gasteiger partial charge is 0.161 e. The molecule has 4 nitrogen and oxygen atoms in total.